The molecule has 0 bridgehead atoms. The van der Waals surface area contributed by atoms with Gasteiger partial charge in [-0.1, -0.05) is 34.1 Å². The fourth-order valence-corrected chi connectivity index (χ4v) is 3.45. The minimum atomic E-state index is -0.233. The molecular weight excluding hydrogens is 333 g/mol. The third-order valence-corrected chi connectivity index (χ3v) is 4.46. The second kappa shape index (κ2) is 5.78. The van der Waals surface area contributed by atoms with Gasteiger partial charge in [-0.25, -0.2) is 4.39 Å². The van der Waals surface area contributed by atoms with Crippen LogP contribution in [0.3, 0.4) is 0 Å². The molecule has 2 aromatic carbocycles. The number of para-hydroxylation sites is 1. The second-order valence-corrected chi connectivity index (χ2v) is 6.65. The Morgan fingerprint density at radius 2 is 2.05 bits per heavy atom. The maximum Gasteiger partial charge on any atom is 0.124 e. The molecule has 0 fully saturated rings. The van der Waals surface area contributed by atoms with Crippen LogP contribution in [0.25, 0.3) is 0 Å². The average Bonchev–Trinajstić information content (AvgIpc) is 2.46. The lowest BCUT2D eigenvalue weighted by Gasteiger charge is -2.37. The molecule has 0 saturated heterocycles. The van der Waals surface area contributed by atoms with Crippen LogP contribution >= 0.6 is 15.9 Å². The highest BCUT2D eigenvalue weighted by Gasteiger charge is 2.35. The largest absolute Gasteiger partial charge is 0.493 e. The molecule has 1 heterocycles. The lowest BCUT2D eigenvalue weighted by Crippen LogP contribution is -2.43. The molecule has 1 atom stereocenters. The van der Waals surface area contributed by atoms with Gasteiger partial charge in [0, 0.05) is 16.4 Å². The van der Waals surface area contributed by atoms with Crippen LogP contribution < -0.4 is 10.5 Å². The molecule has 1 aliphatic rings. The monoisotopic (exact) mass is 349 g/mol. The smallest absolute Gasteiger partial charge is 0.124 e. The van der Waals surface area contributed by atoms with Crippen molar-refractivity contribution in [3.63, 3.8) is 0 Å². The Kier molecular flexibility index (Phi) is 4.00. The summed E-state index contributed by atoms with van der Waals surface area (Å²) in [7, 11) is 0. The average molecular weight is 350 g/mol. The molecular formula is C17H17BrFNO. The van der Waals surface area contributed by atoms with Gasteiger partial charge in [-0.2, -0.15) is 0 Å². The molecule has 0 aromatic heterocycles. The molecule has 0 aliphatic carbocycles. The Morgan fingerprint density at radius 3 is 2.81 bits per heavy atom. The van der Waals surface area contributed by atoms with E-state index in [-0.39, 0.29) is 11.2 Å². The van der Waals surface area contributed by atoms with Crippen LogP contribution in [0.4, 0.5) is 4.39 Å². The summed E-state index contributed by atoms with van der Waals surface area (Å²) in [4.78, 5) is 0. The number of halogens is 2. The van der Waals surface area contributed by atoms with Crippen molar-refractivity contribution in [3.05, 3.63) is 63.9 Å². The Hall–Kier alpha value is -1.39. The summed E-state index contributed by atoms with van der Waals surface area (Å²) in [5.74, 6) is 0.700. The molecule has 3 rings (SSSR count). The van der Waals surface area contributed by atoms with Crippen LogP contribution in [-0.2, 0) is 12.8 Å². The van der Waals surface area contributed by atoms with Crippen LogP contribution in [0.5, 0.6) is 5.75 Å². The van der Waals surface area contributed by atoms with Gasteiger partial charge in [-0.3, -0.25) is 0 Å². The number of benzene rings is 2. The molecule has 0 radical (unpaired) electrons. The summed E-state index contributed by atoms with van der Waals surface area (Å²) in [6.45, 7) is 1.07. The summed E-state index contributed by atoms with van der Waals surface area (Å²) in [6, 6.07) is 13.0. The molecule has 1 aliphatic heterocycles. The Balaban J connectivity index is 1.88. The van der Waals surface area contributed by atoms with Gasteiger partial charge in [-0.05, 0) is 48.2 Å². The maximum absolute atomic E-state index is 13.6. The van der Waals surface area contributed by atoms with E-state index >= 15 is 0 Å². The normalized spacial score (nSPS) is 20.7. The standard InChI is InChI=1S/C17H17BrFNO/c18-14-5-12(6-15(19)7-14)8-17(10-20)9-13-3-1-2-4-16(13)21-11-17/h1-7H,8-11,20H2. The van der Waals surface area contributed by atoms with Gasteiger partial charge in [0.15, 0.2) is 0 Å². The van der Waals surface area contributed by atoms with Crippen LogP contribution in [0.15, 0.2) is 46.9 Å². The highest BCUT2D eigenvalue weighted by molar-refractivity contribution is 9.10. The predicted octanol–water partition coefficient (Wildman–Crippen LogP) is 3.71. The van der Waals surface area contributed by atoms with E-state index in [4.69, 9.17) is 10.5 Å². The zero-order chi connectivity index (χ0) is 14.9. The molecule has 21 heavy (non-hydrogen) atoms. The van der Waals surface area contributed by atoms with Crippen molar-refractivity contribution in [3.8, 4) is 5.75 Å². The number of nitrogens with two attached hydrogens (primary N) is 1. The minimum absolute atomic E-state index is 0.179. The van der Waals surface area contributed by atoms with Gasteiger partial charge in [0.05, 0.1) is 6.61 Å². The van der Waals surface area contributed by atoms with Crippen molar-refractivity contribution in [2.24, 2.45) is 11.1 Å². The van der Waals surface area contributed by atoms with Gasteiger partial charge in [0.1, 0.15) is 11.6 Å². The van der Waals surface area contributed by atoms with Crippen molar-refractivity contribution in [2.45, 2.75) is 12.8 Å². The van der Waals surface area contributed by atoms with E-state index in [9.17, 15) is 4.39 Å². The first-order chi connectivity index (χ1) is 10.1. The van der Waals surface area contributed by atoms with E-state index in [0.717, 1.165) is 22.2 Å². The highest BCUT2D eigenvalue weighted by atomic mass is 79.9. The van der Waals surface area contributed by atoms with E-state index in [1.807, 2.05) is 24.3 Å². The third-order valence-electron chi connectivity index (χ3n) is 4.01. The maximum atomic E-state index is 13.6. The van der Waals surface area contributed by atoms with Gasteiger partial charge in [0.25, 0.3) is 0 Å². The lowest BCUT2D eigenvalue weighted by atomic mass is 9.75. The van der Waals surface area contributed by atoms with Crippen LogP contribution in [0.1, 0.15) is 11.1 Å². The first kappa shape index (κ1) is 14.5. The quantitative estimate of drug-likeness (QED) is 0.916. The molecule has 0 amide bonds. The molecule has 4 heteroatoms. The molecule has 110 valence electrons. The van der Waals surface area contributed by atoms with Gasteiger partial charge in [-0.15, -0.1) is 0 Å². The van der Waals surface area contributed by atoms with Gasteiger partial charge < -0.3 is 10.5 Å². The number of hydrogen-bond donors (Lipinski definition) is 1. The van der Waals surface area contributed by atoms with E-state index in [2.05, 4.69) is 22.0 Å². The van der Waals surface area contributed by atoms with Crippen molar-refractivity contribution in [1.29, 1.82) is 0 Å². The summed E-state index contributed by atoms with van der Waals surface area (Å²) >= 11 is 3.34. The van der Waals surface area contributed by atoms with Crippen molar-refractivity contribution >= 4 is 15.9 Å². The fraction of sp³-hybridized carbons (Fsp3) is 0.294. The molecule has 0 saturated carbocycles. The molecule has 2 nitrogen and oxygen atoms in total. The highest BCUT2D eigenvalue weighted by Crippen LogP contribution is 2.36. The van der Waals surface area contributed by atoms with Crippen molar-refractivity contribution in [1.82, 2.24) is 0 Å². The molecule has 2 aromatic rings. The van der Waals surface area contributed by atoms with Crippen LogP contribution in [0.2, 0.25) is 0 Å². The Bertz CT molecular complexity index is 641. The zero-order valence-electron chi connectivity index (χ0n) is 11.6. The summed E-state index contributed by atoms with van der Waals surface area (Å²) in [5, 5.41) is 0. The minimum Gasteiger partial charge on any atom is -0.493 e. The Morgan fingerprint density at radius 1 is 1.24 bits per heavy atom. The summed E-state index contributed by atoms with van der Waals surface area (Å²) < 4.78 is 20.2. The molecule has 0 spiro atoms. The van der Waals surface area contributed by atoms with Gasteiger partial charge in [0.2, 0.25) is 0 Å². The van der Waals surface area contributed by atoms with E-state index in [1.54, 1.807) is 6.07 Å². The van der Waals surface area contributed by atoms with Crippen molar-refractivity contribution < 1.29 is 9.13 Å². The third kappa shape index (κ3) is 3.11. The number of ether oxygens (including phenoxy) is 1. The van der Waals surface area contributed by atoms with E-state index in [1.165, 1.54) is 11.6 Å². The van der Waals surface area contributed by atoms with Gasteiger partial charge >= 0.3 is 0 Å². The first-order valence-corrected chi connectivity index (χ1v) is 7.75. The van der Waals surface area contributed by atoms with E-state index < -0.39 is 0 Å². The predicted molar refractivity (Wildman–Crippen MR) is 84.9 cm³/mol. The number of hydrogen-bond acceptors (Lipinski definition) is 2. The number of fused-ring (bicyclic) bond motifs is 1. The van der Waals surface area contributed by atoms with Crippen LogP contribution in [-0.4, -0.2) is 13.2 Å². The molecule has 1 unspecified atom stereocenters. The second-order valence-electron chi connectivity index (χ2n) is 5.73. The zero-order valence-corrected chi connectivity index (χ0v) is 13.2. The summed E-state index contributed by atoms with van der Waals surface area (Å²) in [6.07, 6.45) is 1.56. The topological polar surface area (TPSA) is 35.2 Å². The number of rotatable bonds is 3. The molecule has 2 N–H and O–H groups in total. The lowest BCUT2D eigenvalue weighted by molar-refractivity contribution is 0.126. The fourth-order valence-electron chi connectivity index (χ4n) is 2.94. The van der Waals surface area contributed by atoms with Crippen molar-refractivity contribution in [2.75, 3.05) is 13.2 Å². The summed E-state index contributed by atoms with van der Waals surface area (Å²) in [5.41, 5.74) is 7.97. The Labute approximate surface area is 132 Å². The first-order valence-electron chi connectivity index (χ1n) is 6.96. The van der Waals surface area contributed by atoms with E-state index in [0.29, 0.717) is 19.6 Å². The SMILES string of the molecule is NCC1(Cc2cc(F)cc(Br)c2)COc2ccccc2C1. The van der Waals surface area contributed by atoms with Crippen LogP contribution in [0, 0.1) is 11.2 Å².